The molecule has 42 heavy (non-hydrogen) atoms. The van der Waals surface area contributed by atoms with E-state index in [1.54, 1.807) is 0 Å². The zero-order valence-corrected chi connectivity index (χ0v) is 22.5. The molecular weight excluding hydrogens is 516 g/mol. The van der Waals surface area contributed by atoms with E-state index >= 15 is 0 Å². The number of benzene rings is 6. The smallest absolute Gasteiger partial charge is 0.227 e. The van der Waals surface area contributed by atoms with Crippen molar-refractivity contribution in [1.29, 1.82) is 0 Å². The van der Waals surface area contributed by atoms with Gasteiger partial charge in [-0.15, -0.1) is 0 Å². The van der Waals surface area contributed by atoms with E-state index in [4.69, 9.17) is 13.8 Å². The summed E-state index contributed by atoms with van der Waals surface area (Å²) in [5.74, 6) is 0.611. The van der Waals surface area contributed by atoms with E-state index in [2.05, 4.69) is 89.5 Å². The molecule has 4 heteroatoms. The van der Waals surface area contributed by atoms with E-state index in [1.165, 1.54) is 44.1 Å². The predicted octanol–water partition coefficient (Wildman–Crippen LogP) is 10.1. The fourth-order valence-corrected chi connectivity index (χ4v) is 6.95. The standard InChI is InChI=1S/C38H22N2O2/c1-2-9-25-22(8-1)18-24-20-29-26-10-3-5-13-32(26)40(34(29)21-28(24)25)33-14-7-11-27-30-19-23(16-17-35(30)41-37(27)33)38-39-31-12-4-6-15-36(31)42-38/h1-17,19-21H,18H2. The molecule has 0 atom stereocenters. The molecular formula is C38H22N2O2. The highest BCUT2D eigenvalue weighted by molar-refractivity contribution is 6.14. The summed E-state index contributed by atoms with van der Waals surface area (Å²) in [5.41, 5.74) is 13.1. The lowest BCUT2D eigenvalue weighted by Crippen LogP contribution is -1.94. The molecule has 4 nitrogen and oxygen atoms in total. The third kappa shape index (κ3) is 2.93. The van der Waals surface area contributed by atoms with Gasteiger partial charge in [0, 0.05) is 27.1 Å². The first kappa shape index (κ1) is 22.1. The van der Waals surface area contributed by atoms with Crippen LogP contribution < -0.4 is 0 Å². The maximum Gasteiger partial charge on any atom is 0.227 e. The quantitative estimate of drug-likeness (QED) is 0.220. The summed E-state index contributed by atoms with van der Waals surface area (Å²) in [7, 11) is 0. The Labute approximate surface area is 240 Å². The van der Waals surface area contributed by atoms with Crippen LogP contribution in [0.15, 0.2) is 130 Å². The summed E-state index contributed by atoms with van der Waals surface area (Å²) in [6, 6.07) is 42.7. The molecule has 1 aliphatic carbocycles. The van der Waals surface area contributed by atoms with Gasteiger partial charge in [-0.2, -0.15) is 0 Å². The minimum atomic E-state index is 0.611. The fraction of sp³-hybridized carbons (Fsp3) is 0.0263. The van der Waals surface area contributed by atoms with Crippen LogP contribution in [0.3, 0.4) is 0 Å². The molecule has 10 rings (SSSR count). The Morgan fingerprint density at radius 3 is 2.38 bits per heavy atom. The average molecular weight is 539 g/mol. The Kier molecular flexibility index (Phi) is 4.21. The molecule has 0 amide bonds. The average Bonchev–Trinajstić information content (AvgIpc) is 3.79. The number of hydrogen-bond acceptors (Lipinski definition) is 3. The molecule has 196 valence electrons. The molecule has 0 radical (unpaired) electrons. The summed E-state index contributed by atoms with van der Waals surface area (Å²) in [6.07, 6.45) is 0.975. The maximum atomic E-state index is 6.63. The molecule has 0 aliphatic heterocycles. The Morgan fingerprint density at radius 2 is 1.40 bits per heavy atom. The molecule has 0 saturated carbocycles. The van der Waals surface area contributed by atoms with Gasteiger partial charge in [-0.3, -0.25) is 0 Å². The molecule has 0 bridgehead atoms. The minimum Gasteiger partial charge on any atom is -0.454 e. The minimum absolute atomic E-state index is 0.611. The molecule has 3 heterocycles. The highest BCUT2D eigenvalue weighted by Gasteiger charge is 2.23. The normalized spacial score (nSPS) is 12.7. The van der Waals surface area contributed by atoms with E-state index in [-0.39, 0.29) is 0 Å². The number of aromatic nitrogens is 2. The van der Waals surface area contributed by atoms with Gasteiger partial charge in [0.25, 0.3) is 0 Å². The number of rotatable bonds is 2. The van der Waals surface area contributed by atoms with Gasteiger partial charge in [0.05, 0.1) is 16.7 Å². The van der Waals surface area contributed by atoms with Crippen molar-refractivity contribution in [2.45, 2.75) is 6.42 Å². The van der Waals surface area contributed by atoms with Crippen molar-refractivity contribution < 1.29 is 8.83 Å². The van der Waals surface area contributed by atoms with Gasteiger partial charge in [0.2, 0.25) is 5.89 Å². The van der Waals surface area contributed by atoms with Crippen LogP contribution in [0.1, 0.15) is 11.1 Å². The molecule has 3 aromatic heterocycles. The van der Waals surface area contributed by atoms with E-state index in [1.807, 2.05) is 36.4 Å². The number of nitrogens with zero attached hydrogens (tertiary/aromatic N) is 2. The second-order valence-corrected chi connectivity index (χ2v) is 11.2. The van der Waals surface area contributed by atoms with Gasteiger partial charge in [-0.25, -0.2) is 4.98 Å². The van der Waals surface area contributed by atoms with Crippen molar-refractivity contribution in [2.75, 3.05) is 0 Å². The monoisotopic (exact) mass is 538 g/mol. The second kappa shape index (κ2) is 7.99. The number of furan rings is 1. The van der Waals surface area contributed by atoms with Crippen LogP contribution in [0.25, 0.3) is 83.1 Å². The summed E-state index contributed by atoms with van der Waals surface area (Å²) in [4.78, 5) is 4.72. The third-order valence-corrected chi connectivity index (χ3v) is 8.84. The number of para-hydroxylation sites is 4. The first-order valence-electron chi connectivity index (χ1n) is 14.3. The van der Waals surface area contributed by atoms with E-state index < -0.39 is 0 Å². The molecule has 1 aliphatic rings. The van der Waals surface area contributed by atoms with E-state index in [0.29, 0.717) is 5.89 Å². The van der Waals surface area contributed by atoms with Crippen LogP contribution in [-0.4, -0.2) is 9.55 Å². The largest absolute Gasteiger partial charge is 0.454 e. The lowest BCUT2D eigenvalue weighted by Gasteiger charge is -2.10. The van der Waals surface area contributed by atoms with Crippen LogP contribution in [-0.2, 0) is 6.42 Å². The third-order valence-electron chi connectivity index (χ3n) is 8.84. The first-order chi connectivity index (χ1) is 20.8. The van der Waals surface area contributed by atoms with E-state index in [0.717, 1.165) is 50.7 Å². The van der Waals surface area contributed by atoms with Crippen LogP contribution >= 0.6 is 0 Å². The zero-order chi connectivity index (χ0) is 27.4. The van der Waals surface area contributed by atoms with Crippen molar-refractivity contribution in [1.82, 2.24) is 9.55 Å². The van der Waals surface area contributed by atoms with E-state index in [9.17, 15) is 0 Å². The topological polar surface area (TPSA) is 44.1 Å². The zero-order valence-electron chi connectivity index (χ0n) is 22.5. The van der Waals surface area contributed by atoms with Crippen molar-refractivity contribution in [3.8, 4) is 28.3 Å². The number of oxazole rings is 1. The molecule has 0 fully saturated rings. The van der Waals surface area contributed by atoms with Gasteiger partial charge in [-0.05, 0) is 83.3 Å². The number of hydrogen-bond donors (Lipinski definition) is 0. The van der Waals surface area contributed by atoms with Crippen LogP contribution in [0, 0.1) is 0 Å². The molecule has 9 aromatic rings. The molecule has 0 unspecified atom stereocenters. The molecule has 6 aromatic carbocycles. The maximum absolute atomic E-state index is 6.63. The lowest BCUT2D eigenvalue weighted by atomic mass is 10.0. The second-order valence-electron chi connectivity index (χ2n) is 11.2. The Bertz CT molecular complexity index is 2530. The Balaban J connectivity index is 1.24. The highest BCUT2D eigenvalue weighted by atomic mass is 16.3. The van der Waals surface area contributed by atoms with Crippen LogP contribution in [0.5, 0.6) is 0 Å². The SMILES string of the molecule is c1ccc2c(c1)Cc1cc3c4ccccc4n(-c4cccc5c4oc4ccc(-c6nc7ccccc7o6)cc45)c3cc1-2. The molecule has 0 saturated heterocycles. The van der Waals surface area contributed by atoms with Crippen molar-refractivity contribution in [3.05, 3.63) is 132 Å². The summed E-state index contributed by atoms with van der Waals surface area (Å²) < 4.78 is 15.1. The van der Waals surface area contributed by atoms with Crippen LogP contribution in [0.4, 0.5) is 0 Å². The van der Waals surface area contributed by atoms with Crippen molar-refractivity contribution >= 4 is 54.8 Å². The number of fused-ring (bicyclic) bond motifs is 10. The Morgan fingerprint density at radius 1 is 0.548 bits per heavy atom. The molecule has 0 spiro atoms. The predicted molar refractivity (Wildman–Crippen MR) is 169 cm³/mol. The van der Waals surface area contributed by atoms with Crippen molar-refractivity contribution in [3.63, 3.8) is 0 Å². The molecule has 0 N–H and O–H groups in total. The van der Waals surface area contributed by atoms with Gasteiger partial charge in [0.15, 0.2) is 11.2 Å². The Hall–Kier alpha value is -5.61. The van der Waals surface area contributed by atoms with Crippen LogP contribution in [0.2, 0.25) is 0 Å². The first-order valence-corrected chi connectivity index (χ1v) is 14.3. The van der Waals surface area contributed by atoms with Gasteiger partial charge >= 0.3 is 0 Å². The van der Waals surface area contributed by atoms with Gasteiger partial charge < -0.3 is 13.4 Å². The van der Waals surface area contributed by atoms with Gasteiger partial charge in [-0.1, -0.05) is 66.7 Å². The fourth-order valence-electron chi connectivity index (χ4n) is 6.95. The lowest BCUT2D eigenvalue weighted by molar-refractivity contribution is 0.620. The van der Waals surface area contributed by atoms with Crippen molar-refractivity contribution in [2.24, 2.45) is 0 Å². The van der Waals surface area contributed by atoms with Gasteiger partial charge in [0.1, 0.15) is 11.1 Å². The summed E-state index contributed by atoms with van der Waals surface area (Å²) >= 11 is 0. The summed E-state index contributed by atoms with van der Waals surface area (Å²) in [5, 5.41) is 4.63. The highest BCUT2D eigenvalue weighted by Crippen LogP contribution is 2.44. The summed E-state index contributed by atoms with van der Waals surface area (Å²) in [6.45, 7) is 0.